The number of rotatable bonds is 3. The number of nitrogens with one attached hydrogen (secondary N) is 1. The van der Waals surface area contributed by atoms with Crippen molar-refractivity contribution in [2.75, 3.05) is 0 Å². The zero-order chi connectivity index (χ0) is 20.0. The van der Waals surface area contributed by atoms with Gasteiger partial charge in [0.05, 0.1) is 4.91 Å². The van der Waals surface area contributed by atoms with Crippen LogP contribution in [0.25, 0.3) is 28.2 Å². The van der Waals surface area contributed by atoms with Gasteiger partial charge in [0.25, 0.3) is 5.91 Å². The van der Waals surface area contributed by atoms with E-state index in [-0.39, 0.29) is 5.91 Å². The molecule has 3 N–H and O–H groups in total. The van der Waals surface area contributed by atoms with E-state index in [2.05, 4.69) is 10.3 Å². The van der Waals surface area contributed by atoms with Crippen LogP contribution in [0.4, 0.5) is 0 Å². The van der Waals surface area contributed by atoms with Gasteiger partial charge in [-0.1, -0.05) is 30.0 Å². The summed E-state index contributed by atoms with van der Waals surface area (Å²) in [6.07, 6.45) is 5.05. The first-order valence-corrected chi connectivity index (χ1v) is 9.60. The lowest BCUT2D eigenvalue weighted by Crippen LogP contribution is -2.17. The minimum atomic E-state index is -0.482. The van der Waals surface area contributed by atoms with Gasteiger partial charge in [-0.05, 0) is 42.7 Å². The van der Waals surface area contributed by atoms with Crippen LogP contribution in [0.3, 0.4) is 0 Å². The van der Waals surface area contributed by atoms with Crippen LogP contribution < -0.4 is 11.1 Å². The average Bonchev–Trinajstić information content (AvgIpc) is 3.17. The molecule has 1 saturated heterocycles. The Kier molecular flexibility index (Phi) is 4.52. The highest BCUT2D eigenvalue weighted by atomic mass is 32.2. The molecule has 1 aliphatic heterocycles. The number of nitrogens with zero attached hydrogens (tertiary/aromatic N) is 1. The molecule has 1 fully saturated rings. The van der Waals surface area contributed by atoms with Crippen LogP contribution >= 0.6 is 24.0 Å². The maximum absolute atomic E-state index is 11.9. The SMILES string of the molecule is Cc1ccc(C(N)=O)c(C)c1-c1cncc2cc(C=C3SC(=S)NC3=O)oc12. The monoisotopic (exact) mass is 409 g/mol. The van der Waals surface area contributed by atoms with E-state index in [0.717, 1.165) is 27.6 Å². The van der Waals surface area contributed by atoms with Crippen LogP contribution in [0.2, 0.25) is 0 Å². The summed E-state index contributed by atoms with van der Waals surface area (Å²) in [4.78, 5) is 28.4. The van der Waals surface area contributed by atoms with Crippen molar-refractivity contribution in [3.63, 3.8) is 0 Å². The molecule has 8 heteroatoms. The Labute approximate surface area is 170 Å². The Morgan fingerprint density at radius 1 is 1.32 bits per heavy atom. The molecule has 28 heavy (non-hydrogen) atoms. The fourth-order valence-electron chi connectivity index (χ4n) is 3.31. The third kappa shape index (κ3) is 3.10. The lowest BCUT2D eigenvalue weighted by atomic mass is 9.92. The maximum Gasteiger partial charge on any atom is 0.263 e. The fourth-order valence-corrected chi connectivity index (χ4v) is 4.33. The summed E-state index contributed by atoms with van der Waals surface area (Å²) < 4.78 is 6.46. The summed E-state index contributed by atoms with van der Waals surface area (Å²) in [5.74, 6) is -0.202. The molecule has 0 unspecified atom stereocenters. The first-order chi connectivity index (χ1) is 13.3. The van der Waals surface area contributed by atoms with Gasteiger partial charge < -0.3 is 15.5 Å². The molecule has 0 atom stereocenters. The summed E-state index contributed by atoms with van der Waals surface area (Å²) in [5.41, 5.74) is 9.96. The lowest BCUT2D eigenvalue weighted by molar-refractivity contribution is -0.115. The highest BCUT2D eigenvalue weighted by Gasteiger charge is 2.23. The van der Waals surface area contributed by atoms with Gasteiger partial charge in [-0.3, -0.25) is 14.6 Å². The van der Waals surface area contributed by atoms with Crippen LogP contribution in [0.5, 0.6) is 0 Å². The van der Waals surface area contributed by atoms with Gasteiger partial charge in [-0.2, -0.15) is 0 Å². The Morgan fingerprint density at radius 3 is 2.79 bits per heavy atom. The number of carbonyl (C=O) groups is 2. The zero-order valence-corrected chi connectivity index (χ0v) is 16.7. The van der Waals surface area contributed by atoms with Crippen molar-refractivity contribution in [1.29, 1.82) is 0 Å². The minimum Gasteiger partial charge on any atom is -0.456 e. The van der Waals surface area contributed by atoms with E-state index < -0.39 is 5.91 Å². The normalized spacial score (nSPS) is 15.4. The number of pyridine rings is 1. The number of carbonyl (C=O) groups excluding carboxylic acids is 2. The molecule has 2 amide bonds. The van der Waals surface area contributed by atoms with Gasteiger partial charge in [-0.15, -0.1) is 0 Å². The van der Waals surface area contributed by atoms with Crippen LogP contribution in [0.1, 0.15) is 27.2 Å². The second-order valence-electron chi connectivity index (χ2n) is 6.40. The van der Waals surface area contributed by atoms with E-state index in [4.69, 9.17) is 22.4 Å². The number of benzene rings is 1. The standard InChI is InChI=1S/C20H15N3O3S2/c1-9-3-4-13(18(21)24)10(2)16(9)14-8-22-7-11-5-12(26-17(11)14)6-15-19(25)23-20(27)28-15/h3-8H,1-2H3,(H2,21,24)(H,23,25,27). The number of nitrogens with two attached hydrogens (primary N) is 1. The minimum absolute atomic E-state index is 0.241. The zero-order valence-electron chi connectivity index (χ0n) is 15.0. The molecule has 0 bridgehead atoms. The largest absolute Gasteiger partial charge is 0.456 e. The summed E-state index contributed by atoms with van der Waals surface area (Å²) in [5, 5.41) is 3.37. The molecule has 3 heterocycles. The molecular weight excluding hydrogens is 394 g/mol. The van der Waals surface area contributed by atoms with Crippen molar-refractivity contribution < 1.29 is 14.0 Å². The summed E-state index contributed by atoms with van der Waals surface area (Å²) in [7, 11) is 0. The molecule has 0 saturated carbocycles. The third-order valence-corrected chi connectivity index (χ3v) is 5.73. The summed E-state index contributed by atoms with van der Waals surface area (Å²) in [6, 6.07) is 5.39. The van der Waals surface area contributed by atoms with Gasteiger partial charge in [0.2, 0.25) is 5.91 Å². The van der Waals surface area contributed by atoms with Crippen molar-refractivity contribution in [3.8, 4) is 11.1 Å². The Hall–Kier alpha value is -2.97. The first-order valence-electron chi connectivity index (χ1n) is 8.38. The predicted octanol–water partition coefficient (Wildman–Crippen LogP) is 3.70. The number of thioether (sulfide) groups is 1. The number of hydrogen-bond donors (Lipinski definition) is 2. The van der Waals surface area contributed by atoms with E-state index >= 15 is 0 Å². The molecule has 4 rings (SSSR count). The van der Waals surface area contributed by atoms with E-state index in [1.165, 1.54) is 11.8 Å². The smallest absolute Gasteiger partial charge is 0.263 e. The molecule has 0 aliphatic carbocycles. The van der Waals surface area contributed by atoms with Crippen molar-refractivity contribution in [2.45, 2.75) is 13.8 Å². The molecule has 3 aromatic rings. The number of amides is 2. The maximum atomic E-state index is 11.9. The van der Waals surface area contributed by atoms with E-state index in [9.17, 15) is 9.59 Å². The fraction of sp³-hybridized carbons (Fsp3) is 0.100. The van der Waals surface area contributed by atoms with Crippen LogP contribution in [0, 0.1) is 13.8 Å². The Balaban J connectivity index is 1.89. The number of thiocarbonyl (C=S) groups is 1. The van der Waals surface area contributed by atoms with E-state index in [1.807, 2.05) is 26.0 Å². The number of aryl methyl sites for hydroxylation is 1. The quantitative estimate of drug-likeness (QED) is 0.506. The van der Waals surface area contributed by atoms with Crippen LogP contribution in [0.15, 0.2) is 39.9 Å². The van der Waals surface area contributed by atoms with Gasteiger partial charge in [0.1, 0.15) is 15.7 Å². The molecule has 140 valence electrons. The Bertz CT molecular complexity index is 1210. The second kappa shape index (κ2) is 6.88. The van der Waals surface area contributed by atoms with Crippen molar-refractivity contribution in [1.82, 2.24) is 10.3 Å². The number of hydrogen-bond acceptors (Lipinski definition) is 6. The van der Waals surface area contributed by atoms with Crippen LogP contribution in [-0.4, -0.2) is 21.1 Å². The van der Waals surface area contributed by atoms with E-state index in [0.29, 0.717) is 26.1 Å². The van der Waals surface area contributed by atoms with Crippen molar-refractivity contribution in [2.24, 2.45) is 5.73 Å². The summed E-state index contributed by atoms with van der Waals surface area (Å²) in [6.45, 7) is 3.81. The van der Waals surface area contributed by atoms with Gasteiger partial charge in [0.15, 0.2) is 0 Å². The first kappa shape index (κ1) is 18.4. The number of fused-ring (bicyclic) bond motifs is 1. The highest BCUT2D eigenvalue weighted by molar-refractivity contribution is 8.26. The molecule has 2 aromatic heterocycles. The van der Waals surface area contributed by atoms with Gasteiger partial charge >= 0.3 is 0 Å². The molecule has 0 radical (unpaired) electrons. The highest BCUT2D eigenvalue weighted by Crippen LogP contribution is 2.36. The topological polar surface area (TPSA) is 98.2 Å². The molecule has 1 aromatic carbocycles. The number of primary amides is 1. The number of furan rings is 1. The van der Waals surface area contributed by atoms with Crippen molar-refractivity contribution >= 4 is 57.2 Å². The molecular formula is C20H15N3O3S2. The van der Waals surface area contributed by atoms with Gasteiger partial charge in [0, 0.05) is 35.0 Å². The molecule has 0 spiro atoms. The average molecular weight is 409 g/mol. The summed E-state index contributed by atoms with van der Waals surface area (Å²) >= 11 is 6.21. The Morgan fingerprint density at radius 2 is 2.11 bits per heavy atom. The molecule has 1 aliphatic rings. The van der Waals surface area contributed by atoms with Crippen LogP contribution in [-0.2, 0) is 4.79 Å². The third-order valence-electron chi connectivity index (χ3n) is 4.57. The van der Waals surface area contributed by atoms with E-state index in [1.54, 1.807) is 24.5 Å². The molecule has 6 nitrogen and oxygen atoms in total. The van der Waals surface area contributed by atoms with Gasteiger partial charge in [-0.25, -0.2) is 0 Å². The lowest BCUT2D eigenvalue weighted by Gasteiger charge is -2.13. The number of aromatic nitrogens is 1. The second-order valence-corrected chi connectivity index (χ2v) is 8.12. The van der Waals surface area contributed by atoms with Crippen molar-refractivity contribution in [3.05, 3.63) is 57.9 Å². The predicted molar refractivity (Wildman–Crippen MR) is 114 cm³/mol.